The molecule has 0 aliphatic carbocycles. The molecule has 20 heavy (non-hydrogen) atoms. The number of hydrogen-bond acceptors (Lipinski definition) is 8. The Morgan fingerprint density at radius 2 is 1.95 bits per heavy atom. The molecule has 5 N–H and O–H groups in total. The molecule has 0 bridgehead atoms. The van der Waals surface area contributed by atoms with E-state index in [1.807, 2.05) is 0 Å². The fraction of sp³-hybridized carbons (Fsp3) is 0.750. The maximum absolute atomic E-state index is 11.5. The summed E-state index contributed by atoms with van der Waals surface area (Å²) < 4.78 is 9.69. The van der Waals surface area contributed by atoms with Crippen LogP contribution in [0.3, 0.4) is 0 Å². The van der Waals surface area contributed by atoms with Gasteiger partial charge in [-0.2, -0.15) is 0 Å². The second-order valence-corrected chi connectivity index (χ2v) is 4.56. The molecule has 0 radical (unpaired) electrons. The largest absolute Gasteiger partial charge is 0.463 e. The van der Waals surface area contributed by atoms with Crippen LogP contribution in [0.2, 0.25) is 0 Å². The number of aliphatic hydroxyl groups is 5. The zero-order valence-electron chi connectivity index (χ0n) is 11.3. The van der Waals surface area contributed by atoms with Crippen LogP contribution >= 0.6 is 0 Å². The molecule has 8 heteroatoms. The highest BCUT2D eigenvalue weighted by molar-refractivity contribution is 5.87. The van der Waals surface area contributed by atoms with Gasteiger partial charge in [-0.25, -0.2) is 4.79 Å². The van der Waals surface area contributed by atoms with E-state index in [2.05, 4.69) is 0 Å². The van der Waals surface area contributed by atoms with E-state index in [9.17, 15) is 25.2 Å². The fourth-order valence-corrected chi connectivity index (χ4v) is 1.91. The Morgan fingerprint density at radius 1 is 1.35 bits per heavy atom. The van der Waals surface area contributed by atoms with E-state index in [0.29, 0.717) is 0 Å². The molecule has 0 spiro atoms. The minimum Gasteiger partial charge on any atom is -0.463 e. The molecule has 0 saturated carbocycles. The van der Waals surface area contributed by atoms with Crippen molar-refractivity contribution in [1.29, 1.82) is 0 Å². The van der Waals surface area contributed by atoms with Gasteiger partial charge in [-0.05, 0) is 19.9 Å². The van der Waals surface area contributed by atoms with Crippen molar-refractivity contribution >= 4 is 5.97 Å². The van der Waals surface area contributed by atoms with Crippen molar-refractivity contribution in [2.45, 2.75) is 44.1 Å². The van der Waals surface area contributed by atoms with Gasteiger partial charge in [0.1, 0.15) is 24.4 Å². The number of hydrogen-bond donors (Lipinski definition) is 5. The summed E-state index contributed by atoms with van der Waals surface area (Å²) in [6.45, 7) is 2.39. The van der Waals surface area contributed by atoms with Crippen LogP contribution < -0.4 is 0 Å². The first-order valence-electron chi connectivity index (χ1n) is 6.18. The first-order valence-corrected chi connectivity index (χ1v) is 6.18. The van der Waals surface area contributed by atoms with Crippen molar-refractivity contribution < 1.29 is 39.8 Å². The van der Waals surface area contributed by atoms with Crippen LogP contribution in [0.5, 0.6) is 0 Å². The van der Waals surface area contributed by atoms with Crippen LogP contribution in [-0.4, -0.2) is 74.9 Å². The van der Waals surface area contributed by atoms with Crippen LogP contribution in [0, 0.1) is 0 Å². The van der Waals surface area contributed by atoms with Crippen LogP contribution in [0.25, 0.3) is 0 Å². The zero-order valence-corrected chi connectivity index (χ0v) is 11.3. The van der Waals surface area contributed by atoms with Gasteiger partial charge in [0.05, 0.1) is 13.2 Å². The third kappa shape index (κ3) is 3.35. The number of carbonyl (C=O) groups is 1. The van der Waals surface area contributed by atoms with E-state index in [4.69, 9.17) is 14.6 Å². The molecule has 0 unspecified atom stereocenters. The van der Waals surface area contributed by atoms with Crippen LogP contribution in [0.15, 0.2) is 11.6 Å². The Hall–Kier alpha value is -1.03. The third-order valence-corrected chi connectivity index (χ3v) is 3.02. The monoisotopic (exact) mass is 292 g/mol. The first kappa shape index (κ1) is 17.0. The molecule has 1 saturated heterocycles. The molecular weight excluding hydrogens is 272 g/mol. The van der Waals surface area contributed by atoms with Gasteiger partial charge in [0, 0.05) is 5.57 Å². The van der Waals surface area contributed by atoms with Gasteiger partial charge in [0.25, 0.3) is 0 Å². The maximum Gasteiger partial charge on any atom is 0.333 e. The lowest BCUT2D eigenvalue weighted by atomic mass is 9.91. The zero-order chi connectivity index (χ0) is 15.5. The van der Waals surface area contributed by atoms with E-state index in [-0.39, 0.29) is 12.2 Å². The normalized spacial score (nSPS) is 38.6. The topological polar surface area (TPSA) is 137 Å². The lowest BCUT2D eigenvalue weighted by molar-refractivity contribution is -0.327. The molecular formula is C12H20O8. The Labute approximate surface area is 115 Å². The standard InChI is InChI=1S/C12H20O8/c1-3-19-11(17)6(2)4-12(18)10(16)9(15)8(14)7(5-13)20-12/h4,7-10,13-16,18H,3,5H2,1-2H3/b6-4+/t7-,8-,9+,10+,12-/m1/s1. The van der Waals surface area contributed by atoms with Crippen molar-refractivity contribution in [3.05, 3.63) is 11.6 Å². The summed E-state index contributed by atoms with van der Waals surface area (Å²) in [5.41, 5.74) is -0.0475. The molecule has 1 aliphatic rings. The minimum atomic E-state index is -2.41. The average molecular weight is 292 g/mol. The SMILES string of the molecule is CCOC(=O)/C(C)=C/[C@@]1(O)O[C@H](CO)[C@@H](O)[C@H](O)[C@@H]1O. The van der Waals surface area contributed by atoms with Crippen molar-refractivity contribution in [2.24, 2.45) is 0 Å². The molecule has 8 nitrogen and oxygen atoms in total. The Kier molecular flexibility index (Phi) is 5.63. The molecule has 116 valence electrons. The number of aliphatic hydroxyl groups excluding tert-OH is 4. The van der Waals surface area contributed by atoms with E-state index < -0.39 is 42.8 Å². The molecule has 1 heterocycles. The summed E-state index contributed by atoms with van der Waals surface area (Å²) in [7, 11) is 0. The summed E-state index contributed by atoms with van der Waals surface area (Å²) in [6, 6.07) is 0. The van der Waals surface area contributed by atoms with Crippen molar-refractivity contribution in [2.75, 3.05) is 13.2 Å². The smallest absolute Gasteiger partial charge is 0.333 e. The van der Waals surface area contributed by atoms with Crippen molar-refractivity contribution in [1.82, 2.24) is 0 Å². The predicted molar refractivity (Wildman–Crippen MR) is 65.3 cm³/mol. The Morgan fingerprint density at radius 3 is 2.45 bits per heavy atom. The highest BCUT2D eigenvalue weighted by Gasteiger charge is 2.51. The van der Waals surface area contributed by atoms with Crippen LogP contribution in [-0.2, 0) is 14.3 Å². The van der Waals surface area contributed by atoms with Gasteiger partial charge >= 0.3 is 5.97 Å². The second-order valence-electron chi connectivity index (χ2n) is 4.56. The number of ether oxygens (including phenoxy) is 2. The molecule has 5 atom stereocenters. The lowest BCUT2D eigenvalue weighted by Gasteiger charge is -2.44. The Balaban J connectivity index is 3.00. The predicted octanol–water partition coefficient (Wildman–Crippen LogP) is -2.34. The maximum atomic E-state index is 11.5. The third-order valence-electron chi connectivity index (χ3n) is 3.02. The van der Waals surface area contributed by atoms with Gasteiger partial charge in [-0.15, -0.1) is 0 Å². The summed E-state index contributed by atoms with van der Waals surface area (Å²) >= 11 is 0. The molecule has 0 aromatic heterocycles. The summed E-state index contributed by atoms with van der Waals surface area (Å²) in [6.07, 6.45) is -5.61. The highest BCUT2D eigenvalue weighted by atomic mass is 16.7. The molecule has 1 fully saturated rings. The van der Waals surface area contributed by atoms with Gasteiger partial charge in [0.15, 0.2) is 0 Å². The van der Waals surface area contributed by atoms with Crippen molar-refractivity contribution in [3.8, 4) is 0 Å². The molecule has 1 rings (SSSR count). The van der Waals surface area contributed by atoms with Crippen LogP contribution in [0.4, 0.5) is 0 Å². The van der Waals surface area contributed by atoms with E-state index in [1.54, 1.807) is 6.92 Å². The fourth-order valence-electron chi connectivity index (χ4n) is 1.91. The highest BCUT2D eigenvalue weighted by Crippen LogP contribution is 2.30. The summed E-state index contributed by atoms with van der Waals surface area (Å²) in [4.78, 5) is 11.5. The average Bonchev–Trinajstić information content (AvgIpc) is 2.41. The van der Waals surface area contributed by atoms with Gasteiger partial charge in [-0.1, -0.05) is 0 Å². The van der Waals surface area contributed by atoms with Crippen molar-refractivity contribution in [3.63, 3.8) is 0 Å². The second kappa shape index (κ2) is 6.61. The van der Waals surface area contributed by atoms with Crippen LogP contribution in [0.1, 0.15) is 13.8 Å². The first-order chi connectivity index (χ1) is 9.26. The molecule has 0 amide bonds. The number of carbonyl (C=O) groups excluding carboxylic acids is 1. The van der Waals surface area contributed by atoms with Gasteiger partial charge in [-0.3, -0.25) is 0 Å². The molecule has 1 aliphatic heterocycles. The molecule has 0 aromatic rings. The van der Waals surface area contributed by atoms with E-state index >= 15 is 0 Å². The quantitative estimate of drug-likeness (QED) is 0.287. The van der Waals surface area contributed by atoms with Gasteiger partial charge in [0.2, 0.25) is 5.79 Å². The number of esters is 1. The number of rotatable bonds is 4. The summed E-state index contributed by atoms with van der Waals surface area (Å²) in [5.74, 6) is -3.14. The molecule has 0 aromatic carbocycles. The van der Waals surface area contributed by atoms with E-state index in [1.165, 1.54) is 6.92 Å². The minimum absolute atomic E-state index is 0.0475. The van der Waals surface area contributed by atoms with E-state index in [0.717, 1.165) is 6.08 Å². The summed E-state index contributed by atoms with van der Waals surface area (Å²) in [5, 5.41) is 48.2. The lowest BCUT2D eigenvalue weighted by Crippen LogP contribution is -2.64. The Bertz CT molecular complexity index is 380. The van der Waals surface area contributed by atoms with Gasteiger partial charge < -0.3 is 35.0 Å².